The fourth-order valence-corrected chi connectivity index (χ4v) is 2.61. The van der Waals surface area contributed by atoms with E-state index in [4.69, 9.17) is 5.73 Å². The lowest BCUT2D eigenvalue weighted by atomic mass is 10.2. The van der Waals surface area contributed by atoms with E-state index in [2.05, 4.69) is 18.7 Å². The Bertz CT molecular complexity index is 540. The fourth-order valence-electron chi connectivity index (χ4n) is 2.61. The third kappa shape index (κ3) is 3.19. The summed E-state index contributed by atoms with van der Waals surface area (Å²) in [6.07, 6.45) is 1.52. The van der Waals surface area contributed by atoms with Crippen LogP contribution >= 0.6 is 0 Å². The maximum atomic E-state index is 12.3. The first kappa shape index (κ1) is 14.6. The molecule has 2 heterocycles. The van der Waals surface area contributed by atoms with Crippen LogP contribution in [-0.4, -0.2) is 52.5 Å². The van der Waals surface area contributed by atoms with Gasteiger partial charge in [-0.25, -0.2) is 0 Å². The highest BCUT2D eigenvalue weighted by Gasteiger charge is 2.25. The van der Waals surface area contributed by atoms with Crippen LogP contribution in [-0.2, 0) is 11.3 Å². The number of nitrogens with two attached hydrogens (primary N) is 1. The third-order valence-electron chi connectivity index (χ3n) is 3.84. The van der Waals surface area contributed by atoms with Crippen molar-refractivity contribution in [1.29, 1.82) is 0 Å². The van der Waals surface area contributed by atoms with Gasteiger partial charge < -0.3 is 15.2 Å². The summed E-state index contributed by atoms with van der Waals surface area (Å²) < 4.78 is 1.37. The average molecular weight is 278 g/mol. The first-order chi connectivity index (χ1) is 9.51. The Balaban J connectivity index is 2.02. The van der Waals surface area contributed by atoms with Crippen molar-refractivity contribution in [2.45, 2.75) is 26.4 Å². The van der Waals surface area contributed by atoms with Crippen molar-refractivity contribution in [3.8, 4) is 0 Å². The van der Waals surface area contributed by atoms with Crippen LogP contribution in [0, 0.1) is 0 Å². The highest BCUT2D eigenvalue weighted by atomic mass is 16.2. The Morgan fingerprint density at radius 1 is 1.40 bits per heavy atom. The van der Waals surface area contributed by atoms with Gasteiger partial charge in [0.05, 0.1) is 0 Å². The number of amides is 1. The molecule has 0 spiro atoms. The van der Waals surface area contributed by atoms with Gasteiger partial charge in [-0.2, -0.15) is 0 Å². The second-order valence-electron chi connectivity index (χ2n) is 5.25. The van der Waals surface area contributed by atoms with Gasteiger partial charge in [0.1, 0.15) is 6.54 Å². The molecule has 2 N–H and O–H groups in total. The van der Waals surface area contributed by atoms with Gasteiger partial charge in [-0.15, -0.1) is 0 Å². The number of likely N-dealkylation sites (N-methyl/N-ethyl adjacent to an activating group) is 1. The second kappa shape index (κ2) is 6.09. The summed E-state index contributed by atoms with van der Waals surface area (Å²) in [5, 5.41) is 0. The molecule has 2 rings (SSSR count). The maximum Gasteiger partial charge on any atom is 0.251 e. The molecule has 1 fully saturated rings. The Morgan fingerprint density at radius 3 is 2.80 bits per heavy atom. The number of piperazine rings is 1. The monoisotopic (exact) mass is 278 g/mol. The number of anilines is 1. The van der Waals surface area contributed by atoms with Crippen molar-refractivity contribution in [2.24, 2.45) is 0 Å². The Labute approximate surface area is 118 Å². The van der Waals surface area contributed by atoms with Crippen LogP contribution in [0.5, 0.6) is 0 Å². The summed E-state index contributed by atoms with van der Waals surface area (Å²) in [7, 11) is 0. The molecule has 20 heavy (non-hydrogen) atoms. The van der Waals surface area contributed by atoms with Crippen LogP contribution in [0.2, 0.25) is 0 Å². The van der Waals surface area contributed by atoms with Gasteiger partial charge in [0.2, 0.25) is 5.91 Å². The Kier molecular flexibility index (Phi) is 4.44. The summed E-state index contributed by atoms with van der Waals surface area (Å²) in [4.78, 5) is 28.1. The predicted molar refractivity (Wildman–Crippen MR) is 78.4 cm³/mol. The summed E-state index contributed by atoms with van der Waals surface area (Å²) >= 11 is 0. The molecule has 1 unspecified atom stereocenters. The van der Waals surface area contributed by atoms with Crippen molar-refractivity contribution in [3.05, 3.63) is 28.7 Å². The lowest BCUT2D eigenvalue weighted by Crippen LogP contribution is -2.54. The van der Waals surface area contributed by atoms with Gasteiger partial charge in [0.25, 0.3) is 5.56 Å². The number of nitrogens with zero attached hydrogens (tertiary/aromatic N) is 3. The second-order valence-corrected chi connectivity index (χ2v) is 5.25. The number of hydrogen-bond acceptors (Lipinski definition) is 4. The summed E-state index contributed by atoms with van der Waals surface area (Å²) in [5.41, 5.74) is 5.94. The van der Waals surface area contributed by atoms with Crippen molar-refractivity contribution < 1.29 is 4.79 Å². The molecule has 1 amide bonds. The number of hydrogen-bond donors (Lipinski definition) is 1. The minimum atomic E-state index is -0.201. The molecule has 1 aliphatic heterocycles. The molecule has 110 valence electrons. The van der Waals surface area contributed by atoms with E-state index in [1.54, 1.807) is 6.07 Å². The number of rotatable bonds is 3. The average Bonchev–Trinajstić information content (AvgIpc) is 2.42. The number of nitrogen functional groups attached to an aromatic ring is 1. The molecule has 1 aromatic heterocycles. The molecular formula is C14H22N4O2. The zero-order valence-corrected chi connectivity index (χ0v) is 12.1. The molecular weight excluding hydrogens is 256 g/mol. The lowest BCUT2D eigenvalue weighted by Gasteiger charge is -2.39. The van der Waals surface area contributed by atoms with E-state index in [9.17, 15) is 9.59 Å². The van der Waals surface area contributed by atoms with Crippen LogP contribution in [0.4, 0.5) is 5.69 Å². The zero-order chi connectivity index (χ0) is 14.7. The van der Waals surface area contributed by atoms with Crippen LogP contribution in [0.3, 0.4) is 0 Å². The zero-order valence-electron chi connectivity index (χ0n) is 12.1. The van der Waals surface area contributed by atoms with Crippen LogP contribution < -0.4 is 11.3 Å². The minimum absolute atomic E-state index is 0.0275. The van der Waals surface area contributed by atoms with Crippen molar-refractivity contribution in [3.63, 3.8) is 0 Å². The van der Waals surface area contributed by atoms with E-state index >= 15 is 0 Å². The maximum absolute atomic E-state index is 12.3. The van der Waals surface area contributed by atoms with Gasteiger partial charge >= 0.3 is 0 Å². The molecule has 0 radical (unpaired) electrons. The molecule has 1 atom stereocenters. The highest BCUT2D eigenvalue weighted by molar-refractivity contribution is 5.76. The van der Waals surface area contributed by atoms with Crippen LogP contribution in [0.1, 0.15) is 13.8 Å². The van der Waals surface area contributed by atoms with Gasteiger partial charge in [-0.1, -0.05) is 6.92 Å². The van der Waals surface area contributed by atoms with E-state index in [-0.39, 0.29) is 18.0 Å². The summed E-state index contributed by atoms with van der Waals surface area (Å²) in [6.45, 7) is 7.61. The minimum Gasteiger partial charge on any atom is -0.398 e. The molecule has 0 bridgehead atoms. The van der Waals surface area contributed by atoms with Gasteiger partial charge in [0, 0.05) is 43.6 Å². The van der Waals surface area contributed by atoms with Gasteiger partial charge in [-0.3, -0.25) is 14.5 Å². The van der Waals surface area contributed by atoms with Crippen LogP contribution in [0.25, 0.3) is 0 Å². The first-order valence-electron chi connectivity index (χ1n) is 6.99. The molecule has 1 saturated heterocycles. The fraction of sp³-hybridized carbons (Fsp3) is 0.571. The number of carbonyl (C=O) groups is 1. The van der Waals surface area contributed by atoms with Crippen LogP contribution in [0.15, 0.2) is 23.1 Å². The van der Waals surface area contributed by atoms with Crippen molar-refractivity contribution in [1.82, 2.24) is 14.4 Å². The van der Waals surface area contributed by atoms with E-state index in [0.717, 1.165) is 13.1 Å². The SMILES string of the molecule is CCN1CCN(C(=O)Cn2cc(N)ccc2=O)CC1C. The number of pyridine rings is 1. The van der Waals surface area contributed by atoms with Gasteiger partial charge in [0.15, 0.2) is 0 Å². The largest absolute Gasteiger partial charge is 0.398 e. The summed E-state index contributed by atoms with van der Waals surface area (Å²) in [5.74, 6) is -0.0275. The van der Waals surface area contributed by atoms with Crippen molar-refractivity contribution >= 4 is 11.6 Å². The van der Waals surface area contributed by atoms with E-state index < -0.39 is 0 Å². The molecule has 0 aliphatic carbocycles. The number of aromatic nitrogens is 1. The predicted octanol–water partition coefficient (Wildman–Crippen LogP) is -0.0169. The highest BCUT2D eigenvalue weighted by Crippen LogP contribution is 2.09. The van der Waals surface area contributed by atoms with E-state index in [1.807, 2.05) is 4.90 Å². The molecule has 6 nitrogen and oxygen atoms in total. The smallest absolute Gasteiger partial charge is 0.251 e. The molecule has 0 aromatic carbocycles. The quantitative estimate of drug-likeness (QED) is 0.843. The Hall–Kier alpha value is -1.82. The Morgan fingerprint density at radius 2 is 2.15 bits per heavy atom. The molecule has 6 heteroatoms. The molecule has 1 aromatic rings. The standard InChI is InChI=1S/C14H22N4O2/c1-3-16-6-7-17(8-11(16)2)14(20)10-18-9-12(15)4-5-13(18)19/h4-5,9,11H,3,6-8,10,15H2,1-2H3. The number of carbonyl (C=O) groups excluding carboxylic acids is 1. The van der Waals surface area contributed by atoms with Gasteiger partial charge in [-0.05, 0) is 19.5 Å². The first-order valence-corrected chi connectivity index (χ1v) is 6.99. The van der Waals surface area contributed by atoms with Crippen molar-refractivity contribution in [2.75, 3.05) is 31.9 Å². The van der Waals surface area contributed by atoms with E-state index in [0.29, 0.717) is 24.8 Å². The normalized spacial score (nSPS) is 20.1. The topological polar surface area (TPSA) is 71.6 Å². The molecule has 1 aliphatic rings. The summed E-state index contributed by atoms with van der Waals surface area (Å²) in [6, 6.07) is 3.29. The third-order valence-corrected chi connectivity index (χ3v) is 3.84. The molecule has 0 saturated carbocycles. The van der Waals surface area contributed by atoms with E-state index in [1.165, 1.54) is 16.8 Å². The lowest BCUT2D eigenvalue weighted by molar-refractivity contribution is -0.134.